The number of thiophene rings is 1. The molecule has 0 saturated heterocycles. The topological polar surface area (TPSA) is 102 Å². The van der Waals surface area contributed by atoms with E-state index in [0.717, 1.165) is 10.4 Å². The van der Waals surface area contributed by atoms with Crippen LogP contribution < -0.4 is 15.0 Å². The van der Waals surface area contributed by atoms with Gasteiger partial charge in [0.15, 0.2) is 0 Å². The molecule has 4 aromatic rings. The average Bonchev–Trinajstić information content (AvgIpc) is 3.54. The Kier molecular flexibility index (Phi) is 7.86. The van der Waals surface area contributed by atoms with Crippen molar-refractivity contribution in [1.82, 2.24) is 25.5 Å². The van der Waals surface area contributed by atoms with Crippen LogP contribution in [0.2, 0.25) is 0 Å². The number of hydrogen-bond donors (Lipinski definition) is 1. The summed E-state index contributed by atoms with van der Waals surface area (Å²) < 4.78 is 18.9. The standard InChI is InChI=1S/C27H29FN6O3S/c1-17-8-13-21(37-5)20(15-17)34(24(22-7-6-14-38-22)26(36)29-27(2,3)4)23(35)16-33-31-25(30-32-33)18-9-11-19(28)12-10-18/h6-15,24H,16H2,1-5H3,(H,29,36). The number of methoxy groups -OCH3 is 1. The molecule has 1 unspecified atom stereocenters. The molecule has 2 aromatic heterocycles. The van der Waals surface area contributed by atoms with Gasteiger partial charge in [-0.05, 0) is 86.3 Å². The molecule has 1 atom stereocenters. The van der Waals surface area contributed by atoms with Crippen LogP contribution in [-0.4, -0.2) is 44.7 Å². The fourth-order valence-corrected chi connectivity index (χ4v) is 4.70. The first-order chi connectivity index (χ1) is 18.1. The number of aryl methyl sites for hydroxylation is 1. The first-order valence-corrected chi connectivity index (χ1v) is 12.8. The van der Waals surface area contributed by atoms with Crippen molar-refractivity contribution in [3.63, 3.8) is 0 Å². The van der Waals surface area contributed by atoms with Crippen LogP contribution in [0.1, 0.15) is 37.3 Å². The van der Waals surface area contributed by atoms with E-state index in [0.29, 0.717) is 21.9 Å². The molecule has 0 radical (unpaired) electrons. The third kappa shape index (κ3) is 6.23. The molecule has 4 rings (SSSR count). The number of nitrogens with one attached hydrogen (secondary N) is 1. The zero-order valence-electron chi connectivity index (χ0n) is 21.8. The quantitative estimate of drug-likeness (QED) is 0.355. The van der Waals surface area contributed by atoms with E-state index >= 15 is 0 Å². The van der Waals surface area contributed by atoms with Gasteiger partial charge in [0.2, 0.25) is 11.7 Å². The summed E-state index contributed by atoms with van der Waals surface area (Å²) in [5, 5.41) is 17.2. The fourth-order valence-electron chi connectivity index (χ4n) is 3.89. The minimum Gasteiger partial charge on any atom is -0.495 e. The number of aromatic nitrogens is 4. The summed E-state index contributed by atoms with van der Waals surface area (Å²) in [5.41, 5.74) is 1.36. The van der Waals surface area contributed by atoms with Gasteiger partial charge in [0, 0.05) is 16.0 Å². The van der Waals surface area contributed by atoms with Gasteiger partial charge in [-0.1, -0.05) is 12.1 Å². The molecule has 0 aliphatic rings. The molecule has 11 heteroatoms. The summed E-state index contributed by atoms with van der Waals surface area (Å²) in [5.74, 6) is -0.479. The summed E-state index contributed by atoms with van der Waals surface area (Å²) >= 11 is 1.38. The molecule has 1 N–H and O–H groups in total. The lowest BCUT2D eigenvalue weighted by atomic mass is 10.1. The number of anilines is 1. The Labute approximate surface area is 224 Å². The third-order valence-corrected chi connectivity index (χ3v) is 6.44. The van der Waals surface area contributed by atoms with Gasteiger partial charge in [-0.2, -0.15) is 4.80 Å². The number of amides is 2. The number of carbonyl (C=O) groups excluding carboxylic acids is 2. The molecule has 0 aliphatic heterocycles. The Bertz CT molecular complexity index is 1410. The molecular weight excluding hydrogens is 507 g/mol. The van der Waals surface area contributed by atoms with Gasteiger partial charge in [0.25, 0.3) is 5.91 Å². The van der Waals surface area contributed by atoms with Crippen LogP contribution in [0, 0.1) is 12.7 Å². The van der Waals surface area contributed by atoms with E-state index in [1.54, 1.807) is 12.1 Å². The van der Waals surface area contributed by atoms with Crippen molar-refractivity contribution < 1.29 is 18.7 Å². The largest absolute Gasteiger partial charge is 0.495 e. The third-order valence-electron chi connectivity index (χ3n) is 5.51. The minimum atomic E-state index is -0.975. The molecule has 38 heavy (non-hydrogen) atoms. The van der Waals surface area contributed by atoms with Gasteiger partial charge in [-0.25, -0.2) is 4.39 Å². The van der Waals surface area contributed by atoms with E-state index in [2.05, 4.69) is 20.7 Å². The maximum Gasteiger partial charge on any atom is 0.251 e. The molecular formula is C27H29FN6O3S. The van der Waals surface area contributed by atoms with Crippen molar-refractivity contribution in [3.05, 3.63) is 76.2 Å². The van der Waals surface area contributed by atoms with E-state index in [-0.39, 0.29) is 24.1 Å². The SMILES string of the molecule is COc1ccc(C)cc1N(C(=O)Cn1nnc(-c2ccc(F)cc2)n1)C(C(=O)NC(C)(C)C)c1cccs1. The van der Waals surface area contributed by atoms with Crippen LogP contribution in [0.15, 0.2) is 60.0 Å². The summed E-state index contributed by atoms with van der Waals surface area (Å²) in [4.78, 5) is 31.0. The second-order valence-corrected chi connectivity index (χ2v) is 10.7. The fraction of sp³-hybridized carbons (Fsp3) is 0.296. The van der Waals surface area contributed by atoms with Crippen LogP contribution in [0.4, 0.5) is 10.1 Å². The lowest BCUT2D eigenvalue weighted by Crippen LogP contribution is -2.50. The van der Waals surface area contributed by atoms with Crippen LogP contribution in [0.3, 0.4) is 0 Å². The lowest BCUT2D eigenvalue weighted by molar-refractivity contribution is -0.128. The average molecular weight is 537 g/mol. The maximum atomic E-state index is 14.0. The number of ether oxygens (including phenoxy) is 1. The van der Waals surface area contributed by atoms with Crippen molar-refractivity contribution in [2.24, 2.45) is 0 Å². The normalized spacial score (nSPS) is 12.2. The number of nitrogens with zero attached hydrogens (tertiary/aromatic N) is 5. The Morgan fingerprint density at radius 2 is 1.89 bits per heavy atom. The molecule has 9 nitrogen and oxygen atoms in total. The van der Waals surface area contributed by atoms with Gasteiger partial charge < -0.3 is 10.1 Å². The van der Waals surface area contributed by atoms with Crippen LogP contribution in [0.5, 0.6) is 5.75 Å². The minimum absolute atomic E-state index is 0.248. The van der Waals surface area contributed by atoms with E-state index < -0.39 is 17.5 Å². The highest BCUT2D eigenvalue weighted by molar-refractivity contribution is 7.10. The number of carbonyl (C=O) groups is 2. The zero-order valence-corrected chi connectivity index (χ0v) is 22.6. The molecule has 2 heterocycles. The van der Waals surface area contributed by atoms with Crippen molar-refractivity contribution >= 4 is 28.8 Å². The molecule has 0 bridgehead atoms. The number of halogens is 1. The first kappa shape index (κ1) is 26.9. The highest BCUT2D eigenvalue weighted by atomic mass is 32.1. The lowest BCUT2D eigenvalue weighted by Gasteiger charge is -2.33. The molecule has 0 spiro atoms. The van der Waals surface area contributed by atoms with Gasteiger partial charge in [0.05, 0.1) is 12.8 Å². The molecule has 0 aliphatic carbocycles. The van der Waals surface area contributed by atoms with Gasteiger partial charge in [0.1, 0.15) is 24.2 Å². The maximum absolute atomic E-state index is 14.0. The molecule has 2 aromatic carbocycles. The zero-order chi connectivity index (χ0) is 27.4. The summed E-state index contributed by atoms with van der Waals surface area (Å²) in [6, 6.07) is 13.8. The number of rotatable bonds is 8. The monoisotopic (exact) mass is 536 g/mol. The summed E-state index contributed by atoms with van der Waals surface area (Å²) in [7, 11) is 1.51. The first-order valence-electron chi connectivity index (χ1n) is 11.9. The Morgan fingerprint density at radius 1 is 1.16 bits per heavy atom. The second-order valence-electron chi connectivity index (χ2n) is 9.75. The molecule has 0 fully saturated rings. The molecule has 2 amide bonds. The van der Waals surface area contributed by atoms with Crippen LogP contribution in [0.25, 0.3) is 11.4 Å². The Balaban J connectivity index is 1.76. The van der Waals surface area contributed by atoms with E-state index in [1.807, 2.05) is 51.3 Å². The van der Waals surface area contributed by atoms with Gasteiger partial charge in [-0.3, -0.25) is 14.5 Å². The van der Waals surface area contributed by atoms with Crippen molar-refractivity contribution in [2.45, 2.75) is 45.8 Å². The number of hydrogen-bond acceptors (Lipinski definition) is 7. The van der Waals surface area contributed by atoms with Gasteiger partial charge in [-0.15, -0.1) is 21.5 Å². The highest BCUT2D eigenvalue weighted by Gasteiger charge is 2.37. The predicted molar refractivity (Wildman–Crippen MR) is 143 cm³/mol. The van der Waals surface area contributed by atoms with Crippen LogP contribution in [-0.2, 0) is 16.1 Å². The van der Waals surface area contributed by atoms with Crippen molar-refractivity contribution in [2.75, 3.05) is 12.0 Å². The van der Waals surface area contributed by atoms with Crippen molar-refractivity contribution in [3.8, 4) is 17.1 Å². The second kappa shape index (κ2) is 11.1. The smallest absolute Gasteiger partial charge is 0.251 e. The van der Waals surface area contributed by atoms with Gasteiger partial charge >= 0.3 is 0 Å². The Hall–Kier alpha value is -4.12. The van der Waals surface area contributed by atoms with E-state index in [1.165, 1.54) is 47.6 Å². The highest BCUT2D eigenvalue weighted by Crippen LogP contribution is 2.37. The summed E-state index contributed by atoms with van der Waals surface area (Å²) in [6.07, 6.45) is 0. The van der Waals surface area contributed by atoms with Crippen LogP contribution >= 0.6 is 11.3 Å². The number of benzene rings is 2. The number of tetrazole rings is 1. The molecule has 198 valence electrons. The predicted octanol–water partition coefficient (Wildman–Crippen LogP) is 4.55. The van der Waals surface area contributed by atoms with E-state index in [9.17, 15) is 14.0 Å². The summed E-state index contributed by atoms with van der Waals surface area (Å²) in [6.45, 7) is 7.25. The Morgan fingerprint density at radius 3 is 2.53 bits per heavy atom. The molecule has 0 saturated carbocycles. The van der Waals surface area contributed by atoms with E-state index in [4.69, 9.17) is 4.74 Å². The van der Waals surface area contributed by atoms with Crippen molar-refractivity contribution in [1.29, 1.82) is 0 Å².